The minimum Gasteiger partial charge on any atom is -0.493 e. The summed E-state index contributed by atoms with van der Waals surface area (Å²) >= 11 is 0. The Kier molecular flexibility index (Phi) is 12.5. The van der Waals surface area contributed by atoms with Gasteiger partial charge in [0.15, 0.2) is 0 Å². The van der Waals surface area contributed by atoms with Crippen molar-refractivity contribution in [3.63, 3.8) is 0 Å². The molecule has 1 aliphatic rings. The fraction of sp³-hybridized carbons (Fsp3) is 0.343. The lowest BCUT2D eigenvalue weighted by Crippen LogP contribution is -2.68. The molecule has 3 aromatic carbocycles. The average Bonchev–Trinajstić information content (AvgIpc) is 3.07. The van der Waals surface area contributed by atoms with Gasteiger partial charge in [0.1, 0.15) is 29.5 Å². The predicted molar refractivity (Wildman–Crippen MR) is 171 cm³/mol. The minimum absolute atomic E-state index is 0.203. The van der Waals surface area contributed by atoms with Gasteiger partial charge in [0.25, 0.3) is 11.7 Å². The maximum absolute atomic E-state index is 12.9. The van der Waals surface area contributed by atoms with Crippen LogP contribution in [0.25, 0.3) is 0 Å². The van der Waals surface area contributed by atoms with E-state index in [0.29, 0.717) is 29.2 Å². The largest absolute Gasteiger partial charge is 0.493 e. The van der Waals surface area contributed by atoms with Crippen LogP contribution in [-0.4, -0.2) is 87.6 Å². The van der Waals surface area contributed by atoms with Crippen molar-refractivity contribution >= 4 is 17.8 Å². The molecule has 1 fully saturated rings. The summed E-state index contributed by atoms with van der Waals surface area (Å²) in [4.78, 5) is 37.5. The first kappa shape index (κ1) is 35.9. The Labute approximate surface area is 277 Å². The van der Waals surface area contributed by atoms with E-state index in [1.807, 2.05) is 6.07 Å². The van der Waals surface area contributed by atoms with Crippen molar-refractivity contribution in [2.75, 3.05) is 13.2 Å². The van der Waals surface area contributed by atoms with Gasteiger partial charge in [0.05, 0.1) is 31.5 Å². The van der Waals surface area contributed by atoms with Gasteiger partial charge in [-0.3, -0.25) is 9.59 Å². The Bertz CT molecular complexity index is 1590. The molecule has 0 spiro atoms. The summed E-state index contributed by atoms with van der Waals surface area (Å²) < 4.78 is 22.9. The van der Waals surface area contributed by atoms with E-state index in [-0.39, 0.29) is 18.8 Å². The molecule has 0 unspecified atom stereocenters. The maximum atomic E-state index is 12.9. The highest BCUT2D eigenvalue weighted by Gasteiger charge is 2.55. The van der Waals surface area contributed by atoms with Crippen molar-refractivity contribution in [2.24, 2.45) is 0 Å². The summed E-state index contributed by atoms with van der Waals surface area (Å²) in [6.45, 7) is 0.637. The number of nitrogens with one attached hydrogen (secondary N) is 2. The molecule has 0 aliphatic carbocycles. The highest BCUT2D eigenvalue weighted by Crippen LogP contribution is 2.34. The molecule has 0 radical (unpaired) electrons. The number of hydrogen-bond acceptors (Lipinski definition) is 10. The number of amides is 2. The smallest absolute Gasteiger partial charge is 0.364 e. The van der Waals surface area contributed by atoms with Crippen molar-refractivity contribution in [2.45, 2.75) is 62.6 Å². The monoisotopic (exact) mass is 662 g/mol. The SMILES string of the molecule is C#CCCOc1cccc(CO[C@]2(C(=O)O)C[C@H](O)[C@@H](NC(C)=O)[C@H]([C@H](O)[C@H](O)CNC(=O)c3cccc(Oc4ccccc4)c3)O2)c1. The van der Waals surface area contributed by atoms with Crippen molar-refractivity contribution in [1.29, 1.82) is 0 Å². The van der Waals surface area contributed by atoms with Crippen LogP contribution in [-0.2, 0) is 25.7 Å². The lowest BCUT2D eigenvalue weighted by atomic mass is 9.88. The summed E-state index contributed by atoms with van der Waals surface area (Å²) in [7, 11) is 0. The molecular formula is C35H38N2O11. The topological polar surface area (TPSA) is 193 Å². The first-order valence-electron chi connectivity index (χ1n) is 15.1. The van der Waals surface area contributed by atoms with Crippen LogP contribution in [0, 0.1) is 12.3 Å². The normalized spacial score (nSPS) is 21.6. The van der Waals surface area contributed by atoms with Gasteiger partial charge in [-0.05, 0) is 48.0 Å². The van der Waals surface area contributed by atoms with Crippen molar-refractivity contribution in [3.8, 4) is 29.6 Å². The third kappa shape index (κ3) is 9.54. The van der Waals surface area contributed by atoms with E-state index in [9.17, 15) is 34.8 Å². The molecule has 0 bridgehead atoms. The molecule has 48 heavy (non-hydrogen) atoms. The second kappa shape index (κ2) is 16.7. The third-order valence-electron chi connectivity index (χ3n) is 7.43. The number of aliphatic hydroxyl groups excluding tert-OH is 3. The van der Waals surface area contributed by atoms with Crippen LogP contribution >= 0.6 is 0 Å². The van der Waals surface area contributed by atoms with E-state index in [2.05, 4.69) is 16.6 Å². The molecule has 1 heterocycles. The number of benzene rings is 3. The molecule has 0 saturated carbocycles. The van der Waals surface area contributed by atoms with E-state index in [1.165, 1.54) is 12.1 Å². The van der Waals surface area contributed by atoms with Gasteiger partial charge < -0.3 is 50.0 Å². The van der Waals surface area contributed by atoms with Crippen LogP contribution in [0.5, 0.6) is 17.2 Å². The highest BCUT2D eigenvalue weighted by atomic mass is 16.7. The number of carboxylic acid groups (broad SMARTS) is 1. The van der Waals surface area contributed by atoms with E-state index in [4.69, 9.17) is 25.4 Å². The first-order chi connectivity index (χ1) is 23.0. The zero-order chi connectivity index (χ0) is 34.7. The number of carbonyl (C=O) groups is 3. The molecule has 0 aromatic heterocycles. The second-order valence-corrected chi connectivity index (χ2v) is 11.1. The molecule has 254 valence electrons. The Morgan fingerprint density at radius 2 is 1.73 bits per heavy atom. The van der Waals surface area contributed by atoms with Gasteiger partial charge >= 0.3 is 5.97 Å². The van der Waals surface area contributed by atoms with Crippen molar-refractivity contribution in [3.05, 3.63) is 90.0 Å². The van der Waals surface area contributed by atoms with Crippen molar-refractivity contribution in [1.82, 2.24) is 10.6 Å². The van der Waals surface area contributed by atoms with Gasteiger partial charge in [-0.25, -0.2) is 4.79 Å². The fourth-order valence-corrected chi connectivity index (χ4v) is 5.07. The summed E-state index contributed by atoms with van der Waals surface area (Å²) in [5, 5.41) is 48.3. The van der Waals surface area contributed by atoms with Gasteiger partial charge in [-0.2, -0.15) is 0 Å². The number of para-hydroxylation sites is 1. The summed E-state index contributed by atoms with van der Waals surface area (Å²) in [5.41, 5.74) is 0.711. The number of rotatable bonds is 15. The Hall–Kier alpha value is -4.97. The molecule has 4 rings (SSSR count). The van der Waals surface area contributed by atoms with Crippen LogP contribution in [0.15, 0.2) is 78.9 Å². The Morgan fingerprint density at radius 3 is 2.44 bits per heavy atom. The zero-order valence-corrected chi connectivity index (χ0v) is 26.2. The molecule has 6 N–H and O–H groups in total. The first-order valence-corrected chi connectivity index (χ1v) is 15.1. The number of aliphatic hydroxyl groups is 3. The van der Waals surface area contributed by atoms with Gasteiger partial charge in [0, 0.05) is 31.9 Å². The molecule has 13 nitrogen and oxygen atoms in total. The van der Waals surface area contributed by atoms with Gasteiger partial charge in [-0.15, -0.1) is 12.3 Å². The number of aliphatic carboxylic acids is 1. The maximum Gasteiger partial charge on any atom is 0.364 e. The Balaban J connectivity index is 1.46. The highest BCUT2D eigenvalue weighted by molar-refractivity contribution is 5.94. The molecule has 1 saturated heterocycles. The van der Waals surface area contributed by atoms with Crippen LogP contribution in [0.2, 0.25) is 0 Å². The molecular weight excluding hydrogens is 624 g/mol. The number of terminal acetylenes is 1. The summed E-state index contributed by atoms with van der Waals surface area (Å²) in [6, 6.07) is 20.6. The molecule has 6 atom stereocenters. The van der Waals surface area contributed by atoms with Gasteiger partial charge in [-0.1, -0.05) is 36.4 Å². The summed E-state index contributed by atoms with van der Waals surface area (Å²) in [5.74, 6) is -1.40. The zero-order valence-electron chi connectivity index (χ0n) is 26.2. The van der Waals surface area contributed by atoms with Crippen LogP contribution in [0.4, 0.5) is 0 Å². The second-order valence-electron chi connectivity index (χ2n) is 11.1. The Morgan fingerprint density at radius 1 is 1.02 bits per heavy atom. The van der Waals surface area contributed by atoms with E-state index in [0.717, 1.165) is 6.92 Å². The third-order valence-corrected chi connectivity index (χ3v) is 7.43. The number of carbonyl (C=O) groups excluding carboxylic acids is 2. The van der Waals surface area contributed by atoms with Crippen molar-refractivity contribution < 1.29 is 53.8 Å². The van der Waals surface area contributed by atoms with E-state index >= 15 is 0 Å². The lowest BCUT2D eigenvalue weighted by Gasteiger charge is -2.46. The molecule has 1 aliphatic heterocycles. The van der Waals surface area contributed by atoms with Crippen LogP contribution in [0.1, 0.15) is 35.7 Å². The standard InChI is InChI=1S/C35H38N2O11/c1-3-4-16-45-26-14-8-10-23(17-26)21-46-35(34(43)44)19-28(39)30(37-22(2)38)32(48-35)31(41)29(40)20-36-33(42)24-11-9-15-27(18-24)47-25-12-6-5-7-13-25/h1,5-15,17-18,28-32,39-41H,4,16,19-21H2,2H3,(H,36,42)(H,37,38)(H,43,44)/t28-,29+,30+,31+,32+,35+/m0/s1. The van der Waals surface area contributed by atoms with Crippen LogP contribution in [0.3, 0.4) is 0 Å². The average molecular weight is 663 g/mol. The molecule has 13 heteroatoms. The predicted octanol–water partition coefficient (Wildman–Crippen LogP) is 1.98. The fourth-order valence-electron chi connectivity index (χ4n) is 5.07. The van der Waals surface area contributed by atoms with E-state index < -0.39 is 67.0 Å². The quantitative estimate of drug-likeness (QED) is 0.103. The molecule has 3 aromatic rings. The van der Waals surface area contributed by atoms with E-state index in [1.54, 1.807) is 60.7 Å². The molecule has 2 amide bonds. The number of carboxylic acids is 1. The minimum atomic E-state index is -2.48. The van der Waals surface area contributed by atoms with Crippen LogP contribution < -0.4 is 20.1 Å². The lowest BCUT2D eigenvalue weighted by molar-refractivity contribution is -0.314. The summed E-state index contributed by atoms with van der Waals surface area (Å²) in [6.07, 6.45) is -1.87. The van der Waals surface area contributed by atoms with Gasteiger partial charge in [0.2, 0.25) is 5.91 Å². The number of ether oxygens (including phenoxy) is 4. The number of hydrogen-bond donors (Lipinski definition) is 6.